The van der Waals surface area contributed by atoms with Crippen LogP contribution >= 0.6 is 0 Å². The molecule has 0 unspecified atom stereocenters. The van der Waals surface area contributed by atoms with E-state index in [0.717, 1.165) is 52.1 Å². The zero-order valence-electron chi connectivity index (χ0n) is 26.0. The van der Waals surface area contributed by atoms with Crippen LogP contribution < -0.4 is 10.6 Å². The predicted molar refractivity (Wildman–Crippen MR) is 176 cm³/mol. The summed E-state index contributed by atoms with van der Waals surface area (Å²) in [4.78, 5) is 37.2. The third-order valence-electron chi connectivity index (χ3n) is 7.86. The lowest BCUT2D eigenvalue weighted by Crippen LogP contribution is -2.39. The molecule has 1 aliphatic heterocycles. The molecule has 2 N–H and O–H groups in total. The lowest BCUT2D eigenvalue weighted by Gasteiger charge is -2.25. The molecule has 10 heteroatoms. The molecule has 10 nitrogen and oxygen atoms in total. The second-order valence-electron chi connectivity index (χ2n) is 12.3. The van der Waals surface area contributed by atoms with Crippen LogP contribution in [0.3, 0.4) is 0 Å². The van der Waals surface area contributed by atoms with Crippen molar-refractivity contribution < 1.29 is 14.3 Å². The first kappa shape index (κ1) is 30.1. The van der Waals surface area contributed by atoms with E-state index in [1.165, 1.54) is 0 Å². The topological polar surface area (TPSA) is 114 Å². The summed E-state index contributed by atoms with van der Waals surface area (Å²) >= 11 is 0. The Morgan fingerprint density at radius 1 is 0.889 bits per heavy atom. The van der Waals surface area contributed by atoms with E-state index in [1.807, 2.05) is 67.6 Å². The number of amides is 2. The number of carbonyl (C=O) groups is 2. The van der Waals surface area contributed by atoms with Gasteiger partial charge in [0.25, 0.3) is 0 Å². The Labute approximate surface area is 262 Å². The number of ketones is 1. The van der Waals surface area contributed by atoms with E-state index in [0.29, 0.717) is 37.0 Å². The highest BCUT2D eigenvalue weighted by molar-refractivity contribution is 6.09. The number of carbonyl (C=O) groups excluding carboxylic acids is 2. The smallest absolute Gasteiger partial charge is 0.324 e. The van der Waals surface area contributed by atoms with Gasteiger partial charge in [-0.05, 0) is 42.1 Å². The van der Waals surface area contributed by atoms with Crippen molar-refractivity contribution in [1.29, 1.82) is 0 Å². The van der Waals surface area contributed by atoms with Crippen molar-refractivity contribution in [3.63, 3.8) is 0 Å². The molecule has 230 valence electrons. The van der Waals surface area contributed by atoms with E-state index in [9.17, 15) is 9.59 Å². The summed E-state index contributed by atoms with van der Waals surface area (Å²) in [7, 11) is 0. The molecule has 4 heterocycles. The number of nitrogens with zero attached hydrogens (tertiary/aromatic N) is 5. The van der Waals surface area contributed by atoms with Crippen LogP contribution in [0.2, 0.25) is 0 Å². The van der Waals surface area contributed by atoms with Crippen LogP contribution in [-0.2, 0) is 10.2 Å². The second-order valence-corrected chi connectivity index (χ2v) is 12.3. The first-order chi connectivity index (χ1) is 21.7. The van der Waals surface area contributed by atoms with Gasteiger partial charge in [0, 0.05) is 47.4 Å². The summed E-state index contributed by atoms with van der Waals surface area (Å²) < 4.78 is 7.08. The van der Waals surface area contributed by atoms with Crippen molar-refractivity contribution in [2.45, 2.75) is 33.1 Å². The molecular weight excluding hydrogens is 566 g/mol. The van der Waals surface area contributed by atoms with Gasteiger partial charge in [-0.3, -0.25) is 25.0 Å². The lowest BCUT2D eigenvalue weighted by molar-refractivity contribution is 0.0370. The van der Waals surface area contributed by atoms with Crippen molar-refractivity contribution in [3.05, 3.63) is 96.2 Å². The Hall–Kier alpha value is -4.93. The van der Waals surface area contributed by atoms with E-state index in [1.54, 1.807) is 23.1 Å². The van der Waals surface area contributed by atoms with Crippen molar-refractivity contribution in [2.75, 3.05) is 43.5 Å². The summed E-state index contributed by atoms with van der Waals surface area (Å²) in [6, 6.07) is 20.8. The number of ether oxygens (including phenoxy) is 1. The van der Waals surface area contributed by atoms with Crippen LogP contribution in [0.15, 0.2) is 79.1 Å². The van der Waals surface area contributed by atoms with E-state index in [2.05, 4.69) is 46.3 Å². The van der Waals surface area contributed by atoms with Gasteiger partial charge in [-0.1, -0.05) is 57.2 Å². The van der Waals surface area contributed by atoms with E-state index >= 15 is 0 Å². The number of Topliss-reactive ketones (excluding diaryl/α,β-unsaturated/α-hetero) is 1. The Kier molecular flexibility index (Phi) is 8.42. The molecule has 45 heavy (non-hydrogen) atoms. The zero-order valence-corrected chi connectivity index (χ0v) is 26.0. The first-order valence-electron chi connectivity index (χ1n) is 15.1. The summed E-state index contributed by atoms with van der Waals surface area (Å²) in [5, 5.41) is 12.6. The van der Waals surface area contributed by atoms with Gasteiger partial charge in [-0.25, -0.2) is 9.48 Å². The van der Waals surface area contributed by atoms with Crippen LogP contribution in [0.1, 0.15) is 42.6 Å². The Morgan fingerprint density at radius 2 is 1.67 bits per heavy atom. The molecular formula is C35H37N7O3. The van der Waals surface area contributed by atoms with Gasteiger partial charge < -0.3 is 10.1 Å². The SMILES string of the molecule is Cc1ccc(-n2nc(C(C)(C)C)cc2NC(=O)Nc2ccc(-c3ccc(C(=O)CN4CCOCC4)nc3)c3ccccc23)cn1. The van der Waals surface area contributed by atoms with Gasteiger partial charge in [0.1, 0.15) is 11.5 Å². The lowest BCUT2D eigenvalue weighted by atomic mass is 9.92. The zero-order chi connectivity index (χ0) is 31.6. The number of hydrogen-bond donors (Lipinski definition) is 2. The number of benzene rings is 2. The number of rotatable bonds is 7. The quantitative estimate of drug-likeness (QED) is 0.212. The van der Waals surface area contributed by atoms with Gasteiger partial charge in [0.2, 0.25) is 0 Å². The molecule has 1 fully saturated rings. The fourth-order valence-electron chi connectivity index (χ4n) is 5.31. The van der Waals surface area contributed by atoms with Gasteiger partial charge in [-0.2, -0.15) is 5.10 Å². The summed E-state index contributed by atoms with van der Waals surface area (Å²) in [5.41, 5.74) is 5.22. The summed E-state index contributed by atoms with van der Waals surface area (Å²) in [6.45, 7) is 11.3. The number of fused-ring (bicyclic) bond motifs is 1. The highest BCUT2D eigenvalue weighted by Gasteiger charge is 2.22. The largest absolute Gasteiger partial charge is 0.379 e. The van der Waals surface area contributed by atoms with Crippen molar-refractivity contribution in [3.8, 4) is 16.8 Å². The predicted octanol–water partition coefficient (Wildman–Crippen LogP) is 6.25. The third kappa shape index (κ3) is 6.77. The van der Waals surface area contributed by atoms with Crippen LogP contribution in [0.4, 0.5) is 16.3 Å². The van der Waals surface area contributed by atoms with Crippen LogP contribution in [0, 0.1) is 6.92 Å². The Bertz CT molecular complexity index is 1830. The number of nitrogens with one attached hydrogen (secondary N) is 2. The summed E-state index contributed by atoms with van der Waals surface area (Å²) in [6.07, 6.45) is 3.48. The molecule has 1 saturated heterocycles. The molecule has 0 radical (unpaired) electrons. The van der Waals surface area contributed by atoms with Crippen molar-refractivity contribution in [1.82, 2.24) is 24.6 Å². The van der Waals surface area contributed by atoms with Gasteiger partial charge in [0.05, 0.1) is 43.0 Å². The van der Waals surface area contributed by atoms with E-state index in [4.69, 9.17) is 9.84 Å². The Morgan fingerprint density at radius 3 is 2.36 bits per heavy atom. The van der Waals surface area contributed by atoms with E-state index in [-0.39, 0.29) is 17.2 Å². The standard InChI is InChI=1S/C35H37N7O3/c1-23-9-11-25(21-36-23)42-33(19-32(40-42)35(2,3)4)39-34(44)38-29-14-12-26(27-7-5-6-8-28(27)29)24-10-13-30(37-20-24)31(43)22-41-15-17-45-18-16-41/h5-14,19-21H,15-18,22H2,1-4H3,(H2,38,39,44). The minimum Gasteiger partial charge on any atom is -0.379 e. The molecule has 0 saturated carbocycles. The average Bonchev–Trinajstić information content (AvgIpc) is 3.46. The normalized spacial score (nSPS) is 14.0. The maximum atomic E-state index is 13.4. The van der Waals surface area contributed by atoms with Crippen LogP contribution in [0.25, 0.3) is 27.6 Å². The Balaban J connectivity index is 1.23. The number of aromatic nitrogens is 4. The highest BCUT2D eigenvalue weighted by Crippen LogP contribution is 2.33. The fraction of sp³-hybridized carbons (Fsp3) is 0.286. The van der Waals surface area contributed by atoms with Crippen molar-refractivity contribution >= 4 is 34.1 Å². The molecule has 3 aromatic heterocycles. The number of urea groups is 1. The van der Waals surface area contributed by atoms with Gasteiger partial charge >= 0.3 is 6.03 Å². The number of pyridine rings is 2. The number of hydrogen-bond acceptors (Lipinski definition) is 7. The van der Waals surface area contributed by atoms with Gasteiger partial charge in [-0.15, -0.1) is 0 Å². The molecule has 0 bridgehead atoms. The monoisotopic (exact) mass is 603 g/mol. The van der Waals surface area contributed by atoms with Crippen LogP contribution in [-0.4, -0.2) is 69.3 Å². The number of anilines is 2. The maximum Gasteiger partial charge on any atom is 0.324 e. The minimum atomic E-state index is -0.389. The van der Waals surface area contributed by atoms with Crippen molar-refractivity contribution in [2.24, 2.45) is 0 Å². The molecule has 0 spiro atoms. The molecule has 0 atom stereocenters. The van der Waals surface area contributed by atoms with Crippen LogP contribution in [0.5, 0.6) is 0 Å². The molecule has 1 aliphatic rings. The maximum absolute atomic E-state index is 13.4. The second kappa shape index (κ2) is 12.6. The summed E-state index contributed by atoms with van der Waals surface area (Å²) in [5.74, 6) is 0.534. The number of aryl methyl sites for hydroxylation is 1. The van der Waals surface area contributed by atoms with E-state index < -0.39 is 0 Å². The third-order valence-corrected chi connectivity index (χ3v) is 7.86. The molecule has 2 amide bonds. The minimum absolute atomic E-state index is 0.00604. The number of morpholine rings is 1. The fourth-order valence-corrected chi connectivity index (χ4v) is 5.31. The molecule has 6 rings (SSSR count). The highest BCUT2D eigenvalue weighted by atomic mass is 16.5. The molecule has 0 aliphatic carbocycles. The molecule has 5 aromatic rings. The average molecular weight is 604 g/mol. The molecule has 2 aromatic carbocycles. The first-order valence-corrected chi connectivity index (χ1v) is 15.1. The van der Waals surface area contributed by atoms with Gasteiger partial charge in [0.15, 0.2) is 5.78 Å².